The molecule has 154 valence electrons. The summed E-state index contributed by atoms with van der Waals surface area (Å²) in [5, 5.41) is 1.49. The van der Waals surface area contributed by atoms with Crippen LogP contribution in [0.15, 0.2) is 53.4 Å². The van der Waals surface area contributed by atoms with Crippen LogP contribution >= 0.6 is 0 Å². The summed E-state index contributed by atoms with van der Waals surface area (Å²) in [6.07, 6.45) is 0. The minimum Gasteiger partial charge on any atom is -0.493 e. The monoisotopic (exact) mass is 416 g/mol. The average molecular weight is 416 g/mol. The number of ether oxygens (including phenoxy) is 3. The van der Waals surface area contributed by atoms with Crippen LogP contribution in [0, 0.1) is 0 Å². The van der Waals surface area contributed by atoms with Crippen molar-refractivity contribution < 1.29 is 22.6 Å². The van der Waals surface area contributed by atoms with Crippen molar-refractivity contribution in [3.05, 3.63) is 48.5 Å². The SMILES string of the molecule is COc1cc(NS(=O)(=O)c2cccc3c(N(C)C)cccc23)cc(OC)c1OC. The standard InChI is InChI=1S/C21H24N2O5S/c1-23(2)17-10-6-9-16-15(17)8-7-11-20(16)29(24,25)22-14-12-18(26-3)21(28-5)19(13-14)27-4/h6-13,22H,1-5H3. The van der Waals surface area contributed by atoms with Crippen molar-refractivity contribution in [2.45, 2.75) is 4.90 Å². The van der Waals surface area contributed by atoms with Gasteiger partial charge in [0.1, 0.15) is 0 Å². The zero-order valence-electron chi connectivity index (χ0n) is 17.0. The quantitative estimate of drug-likeness (QED) is 0.632. The number of sulfonamides is 1. The summed E-state index contributed by atoms with van der Waals surface area (Å²) >= 11 is 0. The fourth-order valence-corrected chi connectivity index (χ4v) is 4.50. The Kier molecular flexibility index (Phi) is 5.74. The molecule has 0 saturated carbocycles. The molecule has 0 aliphatic heterocycles. The van der Waals surface area contributed by atoms with Crippen LogP contribution in [0.3, 0.4) is 0 Å². The first-order valence-corrected chi connectivity index (χ1v) is 10.3. The van der Waals surface area contributed by atoms with Crippen LogP contribution < -0.4 is 23.8 Å². The number of nitrogens with zero attached hydrogens (tertiary/aromatic N) is 1. The lowest BCUT2D eigenvalue weighted by atomic mass is 10.1. The first kappa shape index (κ1) is 20.6. The number of hydrogen-bond donors (Lipinski definition) is 1. The zero-order valence-corrected chi connectivity index (χ0v) is 17.8. The minimum absolute atomic E-state index is 0.187. The van der Waals surface area contributed by atoms with Crippen LogP contribution in [0.4, 0.5) is 11.4 Å². The summed E-state index contributed by atoms with van der Waals surface area (Å²) in [6, 6.07) is 13.9. The van der Waals surface area contributed by atoms with Crippen molar-refractivity contribution in [3.63, 3.8) is 0 Å². The molecule has 8 heteroatoms. The lowest BCUT2D eigenvalue weighted by Crippen LogP contribution is -2.14. The van der Waals surface area contributed by atoms with E-state index in [4.69, 9.17) is 14.2 Å². The summed E-state index contributed by atoms with van der Waals surface area (Å²) in [5.41, 5.74) is 1.24. The van der Waals surface area contributed by atoms with E-state index in [-0.39, 0.29) is 4.90 Å². The number of fused-ring (bicyclic) bond motifs is 1. The van der Waals surface area contributed by atoms with Crippen molar-refractivity contribution in [2.24, 2.45) is 0 Å². The predicted molar refractivity (Wildman–Crippen MR) is 115 cm³/mol. The highest BCUT2D eigenvalue weighted by atomic mass is 32.2. The largest absolute Gasteiger partial charge is 0.493 e. The van der Waals surface area contributed by atoms with Crippen LogP contribution in [0.25, 0.3) is 10.8 Å². The fourth-order valence-electron chi connectivity index (χ4n) is 3.24. The third-order valence-electron chi connectivity index (χ3n) is 4.55. The molecule has 0 amide bonds. The Morgan fingerprint density at radius 2 is 1.41 bits per heavy atom. The van der Waals surface area contributed by atoms with Gasteiger partial charge in [-0.15, -0.1) is 0 Å². The first-order chi connectivity index (χ1) is 13.8. The van der Waals surface area contributed by atoms with Crippen LogP contribution in [0.2, 0.25) is 0 Å². The van der Waals surface area contributed by atoms with E-state index in [2.05, 4.69) is 4.72 Å². The summed E-state index contributed by atoms with van der Waals surface area (Å²) < 4.78 is 44.9. The molecule has 0 aromatic heterocycles. The third kappa shape index (κ3) is 3.88. The number of hydrogen-bond acceptors (Lipinski definition) is 6. The molecule has 0 heterocycles. The fraction of sp³-hybridized carbons (Fsp3) is 0.238. The van der Waals surface area contributed by atoms with Crippen LogP contribution in [-0.2, 0) is 10.0 Å². The molecule has 0 unspecified atom stereocenters. The lowest BCUT2D eigenvalue weighted by Gasteiger charge is -2.18. The van der Waals surface area contributed by atoms with E-state index in [0.717, 1.165) is 11.1 Å². The number of rotatable bonds is 7. The highest BCUT2D eigenvalue weighted by Crippen LogP contribution is 2.40. The van der Waals surface area contributed by atoms with E-state index in [9.17, 15) is 8.42 Å². The third-order valence-corrected chi connectivity index (χ3v) is 5.99. The molecular weight excluding hydrogens is 392 g/mol. The molecule has 0 aliphatic rings. The van der Waals surface area contributed by atoms with E-state index in [0.29, 0.717) is 28.3 Å². The average Bonchev–Trinajstić information content (AvgIpc) is 2.71. The molecule has 0 atom stereocenters. The second-order valence-corrected chi connectivity index (χ2v) is 8.19. The van der Waals surface area contributed by atoms with Gasteiger partial charge < -0.3 is 19.1 Å². The van der Waals surface area contributed by atoms with Gasteiger partial charge in [0, 0.05) is 42.7 Å². The second kappa shape index (κ2) is 8.08. The highest BCUT2D eigenvalue weighted by molar-refractivity contribution is 7.93. The van der Waals surface area contributed by atoms with Gasteiger partial charge in [0.15, 0.2) is 11.5 Å². The van der Waals surface area contributed by atoms with Gasteiger partial charge >= 0.3 is 0 Å². The van der Waals surface area contributed by atoms with E-state index in [1.807, 2.05) is 37.2 Å². The van der Waals surface area contributed by atoms with Crippen molar-refractivity contribution in [3.8, 4) is 17.2 Å². The molecule has 0 saturated heterocycles. The highest BCUT2D eigenvalue weighted by Gasteiger charge is 2.21. The molecule has 1 N–H and O–H groups in total. The number of anilines is 2. The molecule has 29 heavy (non-hydrogen) atoms. The topological polar surface area (TPSA) is 77.1 Å². The number of benzene rings is 3. The van der Waals surface area contributed by atoms with Gasteiger partial charge in [-0.25, -0.2) is 8.42 Å². The Balaban J connectivity index is 2.11. The maximum absolute atomic E-state index is 13.2. The van der Waals surface area contributed by atoms with Crippen molar-refractivity contribution in [1.82, 2.24) is 0 Å². The molecule has 3 aromatic carbocycles. The summed E-state index contributed by atoms with van der Waals surface area (Å²) in [6.45, 7) is 0. The van der Waals surface area contributed by atoms with E-state index >= 15 is 0 Å². The van der Waals surface area contributed by atoms with Crippen molar-refractivity contribution in [1.29, 1.82) is 0 Å². The Hall–Kier alpha value is -3.13. The van der Waals surface area contributed by atoms with Gasteiger partial charge in [0.05, 0.1) is 31.9 Å². The Labute approximate surface area is 170 Å². The summed E-state index contributed by atoms with van der Waals surface area (Å²) in [5.74, 6) is 1.11. The number of methoxy groups -OCH3 is 3. The normalized spacial score (nSPS) is 11.2. The maximum atomic E-state index is 13.2. The molecule has 3 rings (SSSR count). The van der Waals surface area contributed by atoms with Crippen molar-refractivity contribution >= 4 is 32.2 Å². The molecule has 0 aliphatic carbocycles. The summed E-state index contributed by atoms with van der Waals surface area (Å²) in [7, 11) is 4.41. The molecule has 0 radical (unpaired) electrons. The van der Waals surface area contributed by atoms with Crippen LogP contribution in [-0.4, -0.2) is 43.8 Å². The maximum Gasteiger partial charge on any atom is 0.262 e. The van der Waals surface area contributed by atoms with Gasteiger partial charge in [-0.05, 0) is 12.1 Å². The second-order valence-electron chi connectivity index (χ2n) is 6.54. The van der Waals surface area contributed by atoms with Crippen LogP contribution in [0.5, 0.6) is 17.2 Å². The summed E-state index contributed by atoms with van der Waals surface area (Å²) in [4.78, 5) is 2.14. The molecule has 0 bridgehead atoms. The van der Waals surface area contributed by atoms with Crippen LogP contribution in [0.1, 0.15) is 0 Å². The molecular formula is C21H24N2O5S. The Morgan fingerprint density at radius 1 is 0.828 bits per heavy atom. The van der Waals surface area contributed by atoms with Crippen molar-refractivity contribution in [2.75, 3.05) is 45.0 Å². The zero-order chi connectivity index (χ0) is 21.2. The first-order valence-electron chi connectivity index (χ1n) is 8.84. The van der Waals surface area contributed by atoms with E-state index < -0.39 is 10.0 Å². The van der Waals surface area contributed by atoms with E-state index in [1.165, 1.54) is 21.3 Å². The van der Waals surface area contributed by atoms with E-state index in [1.54, 1.807) is 30.3 Å². The smallest absolute Gasteiger partial charge is 0.262 e. The predicted octanol–water partition coefficient (Wildman–Crippen LogP) is 3.73. The number of nitrogens with one attached hydrogen (secondary N) is 1. The lowest BCUT2D eigenvalue weighted by molar-refractivity contribution is 0.325. The minimum atomic E-state index is -3.87. The van der Waals surface area contributed by atoms with Gasteiger partial charge in [0.25, 0.3) is 10.0 Å². The Bertz CT molecular complexity index is 1120. The molecule has 7 nitrogen and oxygen atoms in total. The Morgan fingerprint density at radius 3 is 1.97 bits per heavy atom. The molecule has 3 aromatic rings. The molecule has 0 spiro atoms. The molecule has 0 fully saturated rings. The van der Waals surface area contributed by atoms with Gasteiger partial charge in [-0.2, -0.15) is 0 Å². The van der Waals surface area contributed by atoms with Gasteiger partial charge in [-0.3, -0.25) is 4.72 Å². The van der Waals surface area contributed by atoms with Gasteiger partial charge in [0.2, 0.25) is 5.75 Å². The van der Waals surface area contributed by atoms with Gasteiger partial charge in [-0.1, -0.05) is 24.3 Å².